The predicted molar refractivity (Wildman–Crippen MR) is 158 cm³/mol. The van der Waals surface area contributed by atoms with Crippen molar-refractivity contribution < 1.29 is 19.1 Å². The summed E-state index contributed by atoms with van der Waals surface area (Å²) in [6, 6.07) is 21.8. The second kappa shape index (κ2) is 11.9. The number of esters is 1. The molecule has 4 aromatic rings. The standard InChI is InChI=1S/C29H19Br3N2O4/c1-16-10-22(30)26(23(31)11-16)34-28(35)19(15-33)12-17-13-24(32)27(25(14-17)37-2)38-29(36)21-9-5-7-18-6-3-4-8-20(18)21/h3-14H,1-2H3,(H,34,35)/b19-12+. The summed E-state index contributed by atoms with van der Waals surface area (Å²) in [6.45, 7) is 1.93. The van der Waals surface area contributed by atoms with Gasteiger partial charge in [0.05, 0.1) is 22.8 Å². The van der Waals surface area contributed by atoms with E-state index >= 15 is 0 Å². The van der Waals surface area contributed by atoms with Crippen molar-refractivity contribution in [3.63, 3.8) is 0 Å². The lowest BCUT2D eigenvalue weighted by Gasteiger charge is -2.14. The van der Waals surface area contributed by atoms with Crippen LogP contribution >= 0.6 is 47.8 Å². The normalized spacial score (nSPS) is 11.1. The Balaban J connectivity index is 1.63. The lowest BCUT2D eigenvalue weighted by atomic mass is 10.0. The number of halogens is 3. The maximum absolute atomic E-state index is 13.1. The number of aryl methyl sites for hydroxylation is 1. The molecule has 0 saturated carbocycles. The Kier molecular flexibility index (Phi) is 8.67. The van der Waals surface area contributed by atoms with E-state index in [1.54, 1.807) is 24.3 Å². The molecule has 0 saturated heterocycles. The Morgan fingerprint density at radius 1 is 0.947 bits per heavy atom. The molecule has 0 atom stereocenters. The van der Waals surface area contributed by atoms with E-state index in [1.807, 2.05) is 55.5 Å². The molecule has 0 spiro atoms. The van der Waals surface area contributed by atoms with Crippen LogP contribution in [0.25, 0.3) is 16.8 Å². The van der Waals surface area contributed by atoms with E-state index < -0.39 is 11.9 Å². The van der Waals surface area contributed by atoms with Gasteiger partial charge in [0.25, 0.3) is 5.91 Å². The molecule has 0 radical (unpaired) electrons. The molecule has 0 aliphatic carbocycles. The third-order valence-corrected chi connectivity index (χ3v) is 7.40. The Morgan fingerprint density at radius 3 is 2.32 bits per heavy atom. The first-order valence-corrected chi connectivity index (χ1v) is 13.6. The minimum atomic E-state index is -0.584. The first-order chi connectivity index (χ1) is 18.2. The number of anilines is 1. The van der Waals surface area contributed by atoms with E-state index in [-0.39, 0.29) is 17.1 Å². The lowest BCUT2D eigenvalue weighted by Crippen LogP contribution is -2.14. The fraction of sp³-hybridized carbons (Fsp3) is 0.0690. The first-order valence-electron chi connectivity index (χ1n) is 11.2. The van der Waals surface area contributed by atoms with Gasteiger partial charge in [-0.05, 0) is 113 Å². The highest BCUT2D eigenvalue weighted by molar-refractivity contribution is 9.11. The van der Waals surface area contributed by atoms with Gasteiger partial charge in [0, 0.05) is 8.95 Å². The molecule has 38 heavy (non-hydrogen) atoms. The first kappa shape index (κ1) is 27.6. The topological polar surface area (TPSA) is 88.4 Å². The van der Waals surface area contributed by atoms with Crippen LogP contribution in [0.2, 0.25) is 0 Å². The van der Waals surface area contributed by atoms with Gasteiger partial charge < -0.3 is 14.8 Å². The highest BCUT2D eigenvalue weighted by Gasteiger charge is 2.20. The SMILES string of the molecule is COc1cc(/C=C(\C#N)C(=O)Nc2c(Br)cc(C)cc2Br)cc(Br)c1OC(=O)c1cccc2ccccc12. The van der Waals surface area contributed by atoms with E-state index in [0.717, 1.165) is 16.3 Å². The predicted octanol–water partition coefficient (Wildman–Crippen LogP) is 8.21. The average Bonchev–Trinajstić information content (AvgIpc) is 2.89. The minimum absolute atomic E-state index is 0.126. The summed E-state index contributed by atoms with van der Waals surface area (Å²) in [5.41, 5.74) is 2.29. The Hall–Kier alpha value is -3.45. The van der Waals surface area contributed by atoms with Crippen molar-refractivity contribution in [1.82, 2.24) is 0 Å². The number of methoxy groups -OCH3 is 1. The van der Waals surface area contributed by atoms with Crippen LogP contribution in [0.15, 0.2) is 85.7 Å². The van der Waals surface area contributed by atoms with Gasteiger partial charge in [0.2, 0.25) is 0 Å². The van der Waals surface area contributed by atoms with Crippen LogP contribution in [0.3, 0.4) is 0 Å². The molecule has 0 heterocycles. The maximum atomic E-state index is 13.1. The molecule has 0 aliphatic heterocycles. The molecule has 1 N–H and O–H groups in total. The Bertz CT molecular complexity index is 1630. The van der Waals surface area contributed by atoms with Gasteiger partial charge in [0.1, 0.15) is 11.6 Å². The average molecular weight is 699 g/mol. The molecule has 0 unspecified atom stereocenters. The molecule has 1 amide bonds. The van der Waals surface area contributed by atoms with Gasteiger partial charge in [-0.2, -0.15) is 5.26 Å². The van der Waals surface area contributed by atoms with E-state index in [1.165, 1.54) is 13.2 Å². The van der Waals surface area contributed by atoms with Gasteiger partial charge in [0.15, 0.2) is 11.5 Å². The number of carbonyl (C=O) groups is 2. The van der Waals surface area contributed by atoms with Crippen LogP contribution in [0.5, 0.6) is 11.5 Å². The van der Waals surface area contributed by atoms with Crippen LogP contribution in [0.1, 0.15) is 21.5 Å². The van der Waals surface area contributed by atoms with Crippen molar-refractivity contribution in [1.29, 1.82) is 5.26 Å². The van der Waals surface area contributed by atoms with Crippen LogP contribution in [-0.2, 0) is 4.79 Å². The summed E-state index contributed by atoms with van der Waals surface area (Å²) in [4.78, 5) is 26.0. The van der Waals surface area contributed by atoms with Crippen LogP contribution in [0, 0.1) is 18.3 Å². The largest absolute Gasteiger partial charge is 0.493 e. The Labute approximate surface area is 244 Å². The Morgan fingerprint density at radius 2 is 1.63 bits per heavy atom. The number of amides is 1. The number of rotatable bonds is 6. The van der Waals surface area contributed by atoms with Gasteiger partial charge in [-0.3, -0.25) is 4.79 Å². The molecule has 0 aromatic heterocycles. The van der Waals surface area contributed by atoms with Crippen LogP contribution < -0.4 is 14.8 Å². The van der Waals surface area contributed by atoms with Crippen molar-refractivity contribution in [3.8, 4) is 17.6 Å². The molecular formula is C29H19Br3N2O4. The van der Waals surface area contributed by atoms with Crippen molar-refractivity contribution in [3.05, 3.63) is 102 Å². The number of ether oxygens (including phenoxy) is 2. The van der Waals surface area contributed by atoms with Crippen molar-refractivity contribution in [2.75, 3.05) is 12.4 Å². The molecule has 9 heteroatoms. The quantitative estimate of drug-likeness (QED) is 0.0949. The van der Waals surface area contributed by atoms with Crippen molar-refractivity contribution in [2.45, 2.75) is 6.92 Å². The minimum Gasteiger partial charge on any atom is -0.493 e. The van der Waals surface area contributed by atoms with Gasteiger partial charge in [-0.25, -0.2) is 4.79 Å². The number of hydrogen-bond acceptors (Lipinski definition) is 5. The number of hydrogen-bond donors (Lipinski definition) is 1. The second-order valence-corrected chi connectivity index (χ2v) is 10.7. The summed E-state index contributed by atoms with van der Waals surface area (Å²) in [5.74, 6) is -0.700. The number of benzene rings is 4. The maximum Gasteiger partial charge on any atom is 0.344 e. The lowest BCUT2D eigenvalue weighted by molar-refractivity contribution is -0.112. The van der Waals surface area contributed by atoms with E-state index in [9.17, 15) is 14.9 Å². The molecule has 0 fully saturated rings. The molecule has 190 valence electrons. The molecule has 4 rings (SSSR count). The number of nitrogens with one attached hydrogen (secondary N) is 1. The molecule has 0 bridgehead atoms. The summed E-state index contributed by atoms with van der Waals surface area (Å²) >= 11 is 10.3. The smallest absolute Gasteiger partial charge is 0.344 e. The van der Waals surface area contributed by atoms with E-state index in [4.69, 9.17) is 9.47 Å². The van der Waals surface area contributed by atoms with Crippen LogP contribution in [-0.4, -0.2) is 19.0 Å². The zero-order chi connectivity index (χ0) is 27.4. The van der Waals surface area contributed by atoms with Crippen molar-refractivity contribution in [2.24, 2.45) is 0 Å². The van der Waals surface area contributed by atoms with E-state index in [2.05, 4.69) is 53.1 Å². The molecular weight excluding hydrogens is 680 g/mol. The van der Waals surface area contributed by atoms with Gasteiger partial charge >= 0.3 is 5.97 Å². The fourth-order valence-corrected chi connectivity index (χ4v) is 5.94. The highest BCUT2D eigenvalue weighted by Crippen LogP contribution is 2.38. The van der Waals surface area contributed by atoms with Crippen LogP contribution in [0.4, 0.5) is 5.69 Å². The number of carbonyl (C=O) groups excluding carboxylic acids is 2. The fourth-order valence-electron chi connectivity index (χ4n) is 3.79. The summed E-state index contributed by atoms with van der Waals surface area (Å²) in [6.07, 6.45) is 1.43. The summed E-state index contributed by atoms with van der Waals surface area (Å²) < 4.78 is 13.0. The number of nitrogens with zero attached hydrogens (tertiary/aromatic N) is 1. The zero-order valence-corrected chi connectivity index (χ0v) is 24.9. The molecule has 0 aliphatic rings. The molecule has 6 nitrogen and oxygen atoms in total. The van der Waals surface area contributed by atoms with Crippen molar-refractivity contribution >= 4 is 82.2 Å². The monoisotopic (exact) mass is 696 g/mol. The highest BCUT2D eigenvalue weighted by atomic mass is 79.9. The number of nitriles is 1. The summed E-state index contributed by atoms with van der Waals surface area (Å²) in [7, 11) is 1.44. The van der Waals surface area contributed by atoms with E-state index in [0.29, 0.717) is 30.2 Å². The second-order valence-electron chi connectivity index (χ2n) is 8.18. The number of fused-ring (bicyclic) bond motifs is 1. The zero-order valence-electron chi connectivity index (χ0n) is 20.1. The third-order valence-electron chi connectivity index (χ3n) is 5.56. The van der Waals surface area contributed by atoms with Gasteiger partial charge in [-0.1, -0.05) is 36.4 Å². The summed E-state index contributed by atoms with van der Waals surface area (Å²) in [5, 5.41) is 14.1. The third kappa shape index (κ3) is 5.99. The molecule has 4 aromatic carbocycles. The van der Waals surface area contributed by atoms with Gasteiger partial charge in [-0.15, -0.1) is 0 Å².